The molecule has 2 aromatic rings. The summed E-state index contributed by atoms with van der Waals surface area (Å²) in [6.45, 7) is 0. The van der Waals surface area contributed by atoms with Gasteiger partial charge in [-0.25, -0.2) is 4.98 Å². The quantitative estimate of drug-likeness (QED) is 0.868. The van der Waals surface area contributed by atoms with Crippen LogP contribution < -0.4 is 10.5 Å². The number of hydrogen-bond acceptors (Lipinski definition) is 4. The first-order valence-electron chi connectivity index (χ1n) is 4.62. The minimum atomic E-state index is 0.381. The Bertz CT molecular complexity index is 516. The lowest BCUT2D eigenvalue weighted by molar-refractivity contribution is 0.415. The molecule has 4 nitrogen and oxygen atoms in total. The standard InChI is InChI=1S/C11H10ClN3O/c1-16-10-4-7(2-3-8(10)12)9-5-14-6-11(13)15-9/h2-6H,1H3,(H2,13,15). The number of nitrogen functional groups attached to an aromatic ring is 1. The fourth-order valence-electron chi connectivity index (χ4n) is 1.34. The predicted molar refractivity (Wildman–Crippen MR) is 63.4 cm³/mol. The van der Waals surface area contributed by atoms with Crippen LogP contribution in [0.25, 0.3) is 11.3 Å². The van der Waals surface area contributed by atoms with Gasteiger partial charge in [0.05, 0.1) is 30.2 Å². The summed E-state index contributed by atoms with van der Waals surface area (Å²) in [4.78, 5) is 8.14. The number of aromatic nitrogens is 2. The molecule has 0 saturated carbocycles. The first-order chi connectivity index (χ1) is 7.70. The van der Waals surface area contributed by atoms with E-state index in [1.807, 2.05) is 6.07 Å². The zero-order valence-electron chi connectivity index (χ0n) is 8.64. The smallest absolute Gasteiger partial charge is 0.142 e. The highest BCUT2D eigenvalue weighted by molar-refractivity contribution is 6.32. The zero-order valence-corrected chi connectivity index (χ0v) is 9.40. The van der Waals surface area contributed by atoms with Crippen molar-refractivity contribution in [2.75, 3.05) is 12.8 Å². The van der Waals surface area contributed by atoms with Crippen molar-refractivity contribution in [1.82, 2.24) is 9.97 Å². The number of ether oxygens (including phenoxy) is 1. The molecule has 1 aromatic heterocycles. The lowest BCUT2D eigenvalue weighted by Gasteiger charge is -2.06. The van der Waals surface area contributed by atoms with E-state index in [0.717, 1.165) is 5.56 Å². The first kappa shape index (κ1) is 10.7. The van der Waals surface area contributed by atoms with Gasteiger partial charge in [-0.1, -0.05) is 17.7 Å². The van der Waals surface area contributed by atoms with Crippen LogP contribution in [0.1, 0.15) is 0 Å². The second-order valence-electron chi connectivity index (χ2n) is 3.18. The zero-order chi connectivity index (χ0) is 11.5. The van der Waals surface area contributed by atoms with Gasteiger partial charge in [0.15, 0.2) is 0 Å². The highest BCUT2D eigenvalue weighted by Gasteiger charge is 2.05. The van der Waals surface area contributed by atoms with Crippen molar-refractivity contribution in [2.45, 2.75) is 0 Å². The first-order valence-corrected chi connectivity index (χ1v) is 5.00. The van der Waals surface area contributed by atoms with Gasteiger partial charge in [0.2, 0.25) is 0 Å². The molecule has 1 aromatic carbocycles. The molecule has 0 unspecified atom stereocenters. The van der Waals surface area contributed by atoms with E-state index in [1.54, 1.807) is 25.4 Å². The predicted octanol–water partition coefficient (Wildman–Crippen LogP) is 2.39. The van der Waals surface area contributed by atoms with Crippen LogP contribution in [0.3, 0.4) is 0 Å². The van der Waals surface area contributed by atoms with E-state index in [9.17, 15) is 0 Å². The highest BCUT2D eigenvalue weighted by atomic mass is 35.5. The third kappa shape index (κ3) is 2.06. The number of nitrogens with two attached hydrogens (primary N) is 1. The number of methoxy groups -OCH3 is 1. The number of nitrogens with zero attached hydrogens (tertiary/aromatic N) is 2. The van der Waals surface area contributed by atoms with Gasteiger partial charge in [0.1, 0.15) is 11.6 Å². The van der Waals surface area contributed by atoms with E-state index in [4.69, 9.17) is 22.1 Å². The van der Waals surface area contributed by atoms with Gasteiger partial charge in [-0.05, 0) is 12.1 Å². The van der Waals surface area contributed by atoms with E-state index in [-0.39, 0.29) is 0 Å². The molecule has 0 aliphatic rings. The van der Waals surface area contributed by atoms with Gasteiger partial charge >= 0.3 is 0 Å². The van der Waals surface area contributed by atoms with Crippen molar-refractivity contribution < 1.29 is 4.74 Å². The monoisotopic (exact) mass is 235 g/mol. The van der Waals surface area contributed by atoms with Crippen LogP contribution in [0.15, 0.2) is 30.6 Å². The summed E-state index contributed by atoms with van der Waals surface area (Å²) >= 11 is 5.93. The topological polar surface area (TPSA) is 61.0 Å². The van der Waals surface area contributed by atoms with Crippen LogP contribution in [-0.2, 0) is 0 Å². The number of hydrogen-bond donors (Lipinski definition) is 1. The molecule has 82 valence electrons. The maximum Gasteiger partial charge on any atom is 0.142 e. The number of rotatable bonds is 2. The average Bonchev–Trinajstić information content (AvgIpc) is 2.29. The molecule has 0 atom stereocenters. The molecule has 0 saturated heterocycles. The van der Waals surface area contributed by atoms with Crippen LogP contribution in [0.4, 0.5) is 5.82 Å². The lowest BCUT2D eigenvalue weighted by atomic mass is 10.1. The Morgan fingerprint density at radius 3 is 2.81 bits per heavy atom. The summed E-state index contributed by atoms with van der Waals surface area (Å²) in [7, 11) is 1.57. The summed E-state index contributed by atoms with van der Waals surface area (Å²) in [6.07, 6.45) is 3.13. The van der Waals surface area contributed by atoms with Gasteiger partial charge < -0.3 is 10.5 Å². The molecular weight excluding hydrogens is 226 g/mol. The van der Waals surface area contributed by atoms with Crippen molar-refractivity contribution in [3.8, 4) is 17.0 Å². The molecule has 0 amide bonds. The van der Waals surface area contributed by atoms with E-state index >= 15 is 0 Å². The van der Waals surface area contributed by atoms with Crippen LogP contribution >= 0.6 is 11.6 Å². The summed E-state index contributed by atoms with van der Waals surface area (Å²) in [5, 5.41) is 0.558. The Hall–Kier alpha value is -1.81. The minimum absolute atomic E-state index is 0.381. The van der Waals surface area contributed by atoms with Crippen LogP contribution in [-0.4, -0.2) is 17.1 Å². The Balaban J connectivity index is 2.48. The molecule has 2 rings (SSSR count). The van der Waals surface area contributed by atoms with Crippen molar-refractivity contribution in [3.05, 3.63) is 35.6 Å². The number of anilines is 1. The van der Waals surface area contributed by atoms with Gasteiger partial charge in [-0.2, -0.15) is 0 Å². The summed E-state index contributed by atoms with van der Waals surface area (Å²) < 4.78 is 5.13. The van der Waals surface area contributed by atoms with E-state index in [2.05, 4.69) is 9.97 Å². The van der Waals surface area contributed by atoms with Crippen molar-refractivity contribution in [1.29, 1.82) is 0 Å². The summed E-state index contributed by atoms with van der Waals surface area (Å²) in [5.41, 5.74) is 7.12. The van der Waals surface area contributed by atoms with Gasteiger partial charge in [0, 0.05) is 5.56 Å². The molecule has 16 heavy (non-hydrogen) atoms. The molecular formula is C11H10ClN3O. The van der Waals surface area contributed by atoms with Crippen molar-refractivity contribution in [2.24, 2.45) is 0 Å². The number of halogens is 1. The second-order valence-corrected chi connectivity index (χ2v) is 3.59. The second kappa shape index (κ2) is 4.37. The fraction of sp³-hybridized carbons (Fsp3) is 0.0909. The minimum Gasteiger partial charge on any atom is -0.495 e. The van der Waals surface area contributed by atoms with Gasteiger partial charge in [0.25, 0.3) is 0 Å². The molecule has 0 bridgehead atoms. The van der Waals surface area contributed by atoms with Crippen molar-refractivity contribution >= 4 is 17.4 Å². The molecule has 2 N–H and O–H groups in total. The Morgan fingerprint density at radius 2 is 2.12 bits per heavy atom. The summed E-state index contributed by atoms with van der Waals surface area (Å²) in [6, 6.07) is 5.39. The molecule has 1 heterocycles. The van der Waals surface area contributed by atoms with Crippen LogP contribution in [0.2, 0.25) is 5.02 Å². The van der Waals surface area contributed by atoms with E-state index in [1.165, 1.54) is 6.20 Å². The normalized spacial score (nSPS) is 10.1. The third-order valence-electron chi connectivity index (χ3n) is 2.10. The van der Waals surface area contributed by atoms with Crippen LogP contribution in [0, 0.1) is 0 Å². The summed E-state index contributed by atoms with van der Waals surface area (Å²) in [5.74, 6) is 0.981. The molecule has 0 fully saturated rings. The maximum atomic E-state index is 5.93. The average molecular weight is 236 g/mol. The van der Waals surface area contributed by atoms with E-state index in [0.29, 0.717) is 22.3 Å². The molecule has 0 aliphatic heterocycles. The molecule has 0 radical (unpaired) electrons. The fourth-order valence-corrected chi connectivity index (χ4v) is 1.53. The Labute approximate surface area is 98.0 Å². The lowest BCUT2D eigenvalue weighted by Crippen LogP contribution is -1.94. The largest absolute Gasteiger partial charge is 0.495 e. The molecule has 5 heteroatoms. The highest BCUT2D eigenvalue weighted by Crippen LogP contribution is 2.29. The molecule has 0 aliphatic carbocycles. The third-order valence-corrected chi connectivity index (χ3v) is 2.41. The number of benzene rings is 1. The Kier molecular flexibility index (Phi) is 2.92. The van der Waals surface area contributed by atoms with Gasteiger partial charge in [-0.3, -0.25) is 4.98 Å². The SMILES string of the molecule is COc1cc(-c2cncc(N)n2)ccc1Cl. The van der Waals surface area contributed by atoms with Gasteiger partial charge in [-0.15, -0.1) is 0 Å². The molecule has 0 spiro atoms. The van der Waals surface area contributed by atoms with E-state index < -0.39 is 0 Å². The Morgan fingerprint density at radius 1 is 1.31 bits per heavy atom. The van der Waals surface area contributed by atoms with Crippen LogP contribution in [0.5, 0.6) is 5.75 Å². The van der Waals surface area contributed by atoms with Crippen molar-refractivity contribution in [3.63, 3.8) is 0 Å². The maximum absolute atomic E-state index is 5.93.